The molecule has 0 saturated carbocycles. The molecule has 3 nitrogen and oxygen atoms in total. The van der Waals surface area contributed by atoms with Gasteiger partial charge in [0, 0.05) is 28.2 Å². The van der Waals surface area contributed by atoms with E-state index in [4.69, 9.17) is 11.6 Å². The Morgan fingerprint density at radius 2 is 1.95 bits per heavy atom. The van der Waals surface area contributed by atoms with Crippen LogP contribution in [0.15, 0.2) is 29.2 Å². The van der Waals surface area contributed by atoms with Gasteiger partial charge in [-0.15, -0.1) is 23.4 Å². The number of nitro benzene ring substituents is 1. The second-order valence-corrected chi connectivity index (χ2v) is 6.67. The minimum absolute atomic E-state index is 0.0504. The smallest absolute Gasteiger partial charge is 0.258 e. The predicted molar refractivity (Wildman–Crippen MR) is 80.7 cm³/mol. The summed E-state index contributed by atoms with van der Waals surface area (Å²) < 4.78 is 0. The first-order chi connectivity index (χ1) is 8.78. The molecule has 0 N–H and O–H groups in total. The van der Waals surface area contributed by atoms with E-state index in [1.54, 1.807) is 23.9 Å². The summed E-state index contributed by atoms with van der Waals surface area (Å²) in [5, 5.41) is 10.3. The summed E-state index contributed by atoms with van der Waals surface area (Å²) >= 11 is 7.66. The van der Waals surface area contributed by atoms with Crippen LogP contribution in [-0.2, 0) is 0 Å². The van der Waals surface area contributed by atoms with E-state index in [0.717, 1.165) is 4.90 Å². The molecular formula is C14H16ClNO2S. The van der Waals surface area contributed by atoms with Crippen LogP contribution in [0.3, 0.4) is 0 Å². The summed E-state index contributed by atoms with van der Waals surface area (Å²) in [6.07, 6.45) is 0. The molecule has 19 heavy (non-hydrogen) atoms. The lowest BCUT2D eigenvalue weighted by Gasteiger charge is -2.08. The Bertz CT molecular complexity index is 497. The van der Waals surface area contributed by atoms with Crippen LogP contribution in [0.5, 0.6) is 0 Å². The topological polar surface area (TPSA) is 43.1 Å². The monoisotopic (exact) mass is 297 g/mol. The number of benzene rings is 1. The number of hydrogen-bond acceptors (Lipinski definition) is 3. The van der Waals surface area contributed by atoms with Crippen molar-refractivity contribution in [2.75, 3.05) is 5.75 Å². The fourth-order valence-electron chi connectivity index (χ4n) is 1.17. The van der Waals surface area contributed by atoms with Crippen LogP contribution in [0.1, 0.15) is 20.8 Å². The highest BCUT2D eigenvalue weighted by atomic mass is 35.5. The van der Waals surface area contributed by atoms with E-state index < -0.39 is 4.92 Å². The maximum Gasteiger partial charge on any atom is 0.269 e. The summed E-state index contributed by atoms with van der Waals surface area (Å²) in [7, 11) is 0. The van der Waals surface area contributed by atoms with Crippen molar-refractivity contribution in [1.82, 2.24) is 0 Å². The molecule has 1 unspecified atom stereocenters. The van der Waals surface area contributed by atoms with Gasteiger partial charge in [-0.1, -0.05) is 11.8 Å². The minimum Gasteiger partial charge on any atom is -0.258 e. The molecule has 0 heterocycles. The third-order valence-electron chi connectivity index (χ3n) is 2.05. The lowest BCUT2D eigenvalue weighted by atomic mass is 9.98. The minimum atomic E-state index is -0.409. The molecule has 0 saturated heterocycles. The summed E-state index contributed by atoms with van der Waals surface area (Å²) in [4.78, 5) is 11.1. The zero-order valence-corrected chi connectivity index (χ0v) is 12.7. The van der Waals surface area contributed by atoms with E-state index >= 15 is 0 Å². The van der Waals surface area contributed by atoms with Crippen molar-refractivity contribution in [3.8, 4) is 11.8 Å². The van der Waals surface area contributed by atoms with Gasteiger partial charge < -0.3 is 0 Å². The molecule has 0 bridgehead atoms. The molecule has 0 aromatic heterocycles. The number of nitrogens with zero attached hydrogens (tertiary/aromatic N) is 1. The molecule has 1 rings (SSSR count). The standard InChI is InChI=1S/C14H16ClNO2S/c1-14(2,3)9-8-11(15)10-19-13-6-4-12(5-7-13)16(17)18/h4-7,11H,10H2,1-3H3. The van der Waals surface area contributed by atoms with Gasteiger partial charge in [-0.05, 0) is 32.9 Å². The van der Waals surface area contributed by atoms with Gasteiger partial charge in [-0.25, -0.2) is 0 Å². The highest BCUT2D eigenvalue weighted by Gasteiger charge is 2.08. The maximum absolute atomic E-state index is 10.5. The summed E-state index contributed by atoms with van der Waals surface area (Å²) in [5.74, 6) is 6.76. The third-order valence-corrected chi connectivity index (χ3v) is 3.60. The summed E-state index contributed by atoms with van der Waals surface area (Å²) in [6.45, 7) is 6.10. The van der Waals surface area contributed by atoms with Crippen LogP contribution >= 0.6 is 23.4 Å². The number of alkyl halides is 1. The Balaban J connectivity index is 2.52. The van der Waals surface area contributed by atoms with Crippen molar-refractivity contribution in [3.63, 3.8) is 0 Å². The molecule has 1 aromatic rings. The Labute approximate surface area is 122 Å². The van der Waals surface area contributed by atoms with Crippen molar-refractivity contribution in [3.05, 3.63) is 34.4 Å². The lowest BCUT2D eigenvalue weighted by molar-refractivity contribution is -0.384. The van der Waals surface area contributed by atoms with Gasteiger partial charge in [0.15, 0.2) is 0 Å². The molecule has 0 spiro atoms. The van der Waals surface area contributed by atoms with Crippen LogP contribution in [0.25, 0.3) is 0 Å². The first-order valence-electron chi connectivity index (χ1n) is 5.82. The first-order valence-corrected chi connectivity index (χ1v) is 7.24. The second-order valence-electron chi connectivity index (χ2n) is 5.05. The molecular weight excluding hydrogens is 282 g/mol. The highest BCUT2D eigenvalue weighted by molar-refractivity contribution is 7.99. The van der Waals surface area contributed by atoms with Gasteiger partial charge >= 0.3 is 0 Å². The van der Waals surface area contributed by atoms with Crippen molar-refractivity contribution in [2.24, 2.45) is 5.41 Å². The fraction of sp³-hybridized carbons (Fsp3) is 0.429. The average Bonchev–Trinajstić information content (AvgIpc) is 2.33. The van der Waals surface area contributed by atoms with E-state index in [9.17, 15) is 10.1 Å². The Kier molecular flexibility index (Phi) is 5.71. The molecule has 102 valence electrons. The van der Waals surface area contributed by atoms with Crippen LogP contribution < -0.4 is 0 Å². The fourth-order valence-corrected chi connectivity index (χ4v) is 2.16. The van der Waals surface area contributed by atoms with Crippen molar-refractivity contribution in [2.45, 2.75) is 31.0 Å². The zero-order valence-electron chi connectivity index (χ0n) is 11.1. The van der Waals surface area contributed by atoms with E-state index in [-0.39, 0.29) is 16.5 Å². The molecule has 5 heteroatoms. The number of rotatable bonds is 4. The van der Waals surface area contributed by atoms with Crippen LogP contribution in [0.4, 0.5) is 5.69 Å². The van der Waals surface area contributed by atoms with Gasteiger partial charge in [0.1, 0.15) is 5.38 Å². The molecule has 0 aliphatic carbocycles. The Morgan fingerprint density at radius 1 is 1.37 bits per heavy atom. The molecule has 0 amide bonds. The molecule has 1 atom stereocenters. The van der Waals surface area contributed by atoms with Gasteiger partial charge in [0.05, 0.1) is 4.92 Å². The van der Waals surface area contributed by atoms with Gasteiger partial charge in [0.25, 0.3) is 5.69 Å². The van der Waals surface area contributed by atoms with Gasteiger partial charge in [0.2, 0.25) is 0 Å². The molecule has 0 aliphatic rings. The number of thioether (sulfide) groups is 1. The van der Waals surface area contributed by atoms with Crippen molar-refractivity contribution in [1.29, 1.82) is 0 Å². The van der Waals surface area contributed by atoms with Crippen LogP contribution in [0.2, 0.25) is 0 Å². The van der Waals surface area contributed by atoms with Crippen molar-refractivity contribution < 1.29 is 4.92 Å². The van der Waals surface area contributed by atoms with E-state index in [1.807, 2.05) is 20.8 Å². The van der Waals surface area contributed by atoms with Crippen LogP contribution in [0, 0.1) is 27.4 Å². The second kappa shape index (κ2) is 6.83. The Morgan fingerprint density at radius 3 is 2.42 bits per heavy atom. The van der Waals surface area contributed by atoms with Gasteiger partial charge in [-0.3, -0.25) is 10.1 Å². The maximum atomic E-state index is 10.5. The van der Waals surface area contributed by atoms with E-state index in [1.165, 1.54) is 12.1 Å². The normalized spacial score (nSPS) is 12.4. The van der Waals surface area contributed by atoms with Crippen molar-refractivity contribution >= 4 is 29.1 Å². The number of halogens is 1. The lowest BCUT2D eigenvalue weighted by Crippen LogP contribution is -2.04. The Hall–Kier alpha value is -1.18. The zero-order chi connectivity index (χ0) is 14.5. The summed E-state index contributed by atoms with van der Waals surface area (Å²) in [6, 6.07) is 6.44. The predicted octanol–water partition coefficient (Wildman–Crippen LogP) is 4.34. The SMILES string of the molecule is CC(C)(C)C#CC(Cl)CSc1ccc([N+](=O)[O-])cc1. The quantitative estimate of drug-likeness (QED) is 0.273. The number of hydrogen-bond donors (Lipinski definition) is 0. The van der Waals surface area contributed by atoms with Crippen LogP contribution in [-0.4, -0.2) is 16.1 Å². The molecule has 0 aliphatic heterocycles. The highest BCUT2D eigenvalue weighted by Crippen LogP contribution is 2.23. The first kappa shape index (κ1) is 15.9. The van der Waals surface area contributed by atoms with Gasteiger partial charge in [-0.2, -0.15) is 0 Å². The largest absolute Gasteiger partial charge is 0.269 e. The third kappa shape index (κ3) is 6.51. The number of nitro groups is 1. The molecule has 0 radical (unpaired) electrons. The average molecular weight is 298 g/mol. The number of non-ortho nitro benzene ring substituents is 1. The molecule has 1 aromatic carbocycles. The summed E-state index contributed by atoms with van der Waals surface area (Å²) in [5.41, 5.74) is 0.0461. The van der Waals surface area contributed by atoms with E-state index in [0.29, 0.717) is 5.75 Å². The molecule has 0 fully saturated rings. The van der Waals surface area contributed by atoms with E-state index in [2.05, 4.69) is 11.8 Å².